The highest BCUT2D eigenvalue weighted by atomic mass is 16.5. The Morgan fingerprint density at radius 3 is 2.37 bits per heavy atom. The summed E-state index contributed by atoms with van der Waals surface area (Å²) in [5.41, 5.74) is 6.04. The largest absolute Gasteiger partial charge is 0.370 e. The molecule has 0 heterocycles. The van der Waals surface area contributed by atoms with Gasteiger partial charge in [-0.15, -0.1) is 0 Å². The molecular formula is C18H18O. The van der Waals surface area contributed by atoms with Crippen LogP contribution in [0, 0.1) is 6.92 Å². The summed E-state index contributed by atoms with van der Waals surface area (Å²) in [6.45, 7) is 4.28. The monoisotopic (exact) mass is 250 g/mol. The van der Waals surface area contributed by atoms with Gasteiger partial charge in [0.15, 0.2) is 0 Å². The molecule has 0 aliphatic heterocycles. The molecule has 1 aliphatic carbocycles. The minimum absolute atomic E-state index is 0.328. The molecule has 0 amide bonds. The lowest BCUT2D eigenvalue weighted by molar-refractivity contribution is 0.0484. The summed E-state index contributed by atoms with van der Waals surface area (Å²) in [6, 6.07) is 17.0. The van der Waals surface area contributed by atoms with Gasteiger partial charge in [0.1, 0.15) is 5.60 Å². The first kappa shape index (κ1) is 12.2. The molecule has 0 fully saturated rings. The first-order valence-electron chi connectivity index (χ1n) is 6.59. The van der Waals surface area contributed by atoms with Crippen LogP contribution >= 0.6 is 0 Å². The smallest absolute Gasteiger partial charge is 0.110 e. The molecule has 2 aromatic rings. The Morgan fingerprint density at radius 1 is 0.947 bits per heavy atom. The summed E-state index contributed by atoms with van der Waals surface area (Å²) in [7, 11) is 1.78. The number of methoxy groups -OCH3 is 1. The lowest BCUT2D eigenvalue weighted by atomic mass is 9.92. The maximum absolute atomic E-state index is 5.78. The van der Waals surface area contributed by atoms with Crippen LogP contribution in [-0.4, -0.2) is 7.11 Å². The zero-order valence-corrected chi connectivity index (χ0v) is 11.6. The summed E-state index contributed by atoms with van der Waals surface area (Å²) in [5.74, 6) is 0. The Balaban J connectivity index is 2.25. The van der Waals surface area contributed by atoms with Gasteiger partial charge in [0, 0.05) is 7.11 Å². The SMILES string of the molecule is COC1(C)C=C(c2ccccc2)c2cccc(C)c21. The molecule has 0 saturated carbocycles. The first-order valence-corrected chi connectivity index (χ1v) is 6.59. The molecule has 0 saturated heterocycles. The highest BCUT2D eigenvalue weighted by Gasteiger charge is 2.35. The van der Waals surface area contributed by atoms with Crippen molar-refractivity contribution in [2.75, 3.05) is 7.11 Å². The Morgan fingerprint density at radius 2 is 1.68 bits per heavy atom. The van der Waals surface area contributed by atoms with Crippen LogP contribution in [0.1, 0.15) is 29.2 Å². The van der Waals surface area contributed by atoms with Crippen LogP contribution in [0.3, 0.4) is 0 Å². The van der Waals surface area contributed by atoms with Crippen molar-refractivity contribution < 1.29 is 4.74 Å². The molecule has 0 aromatic heterocycles. The fraction of sp³-hybridized carbons (Fsp3) is 0.222. The topological polar surface area (TPSA) is 9.23 Å². The minimum atomic E-state index is -0.328. The number of aryl methyl sites for hydroxylation is 1. The predicted molar refractivity (Wildman–Crippen MR) is 79.1 cm³/mol. The standard InChI is InChI=1S/C18H18O/c1-13-8-7-11-15-16(14-9-5-4-6-10-14)12-18(2,19-3)17(13)15/h4-12H,1-3H3. The Labute approximate surface area is 114 Å². The molecule has 2 aromatic carbocycles. The number of hydrogen-bond donors (Lipinski definition) is 0. The van der Waals surface area contributed by atoms with Crippen molar-refractivity contribution in [2.45, 2.75) is 19.4 Å². The second-order valence-electron chi connectivity index (χ2n) is 5.23. The van der Waals surface area contributed by atoms with E-state index in [-0.39, 0.29) is 5.60 Å². The van der Waals surface area contributed by atoms with Crippen molar-refractivity contribution in [3.8, 4) is 0 Å². The van der Waals surface area contributed by atoms with Crippen LogP contribution in [0.4, 0.5) is 0 Å². The van der Waals surface area contributed by atoms with Gasteiger partial charge < -0.3 is 4.74 Å². The number of hydrogen-bond acceptors (Lipinski definition) is 1. The van der Waals surface area contributed by atoms with Crippen LogP contribution < -0.4 is 0 Å². The Bertz CT molecular complexity index is 640. The van der Waals surface area contributed by atoms with Crippen LogP contribution in [0.5, 0.6) is 0 Å². The molecule has 0 spiro atoms. The van der Waals surface area contributed by atoms with E-state index in [9.17, 15) is 0 Å². The minimum Gasteiger partial charge on any atom is -0.370 e. The summed E-state index contributed by atoms with van der Waals surface area (Å²) < 4.78 is 5.78. The van der Waals surface area contributed by atoms with Crippen molar-refractivity contribution >= 4 is 5.57 Å². The molecule has 1 aliphatic rings. The van der Waals surface area contributed by atoms with Crippen LogP contribution in [0.2, 0.25) is 0 Å². The van der Waals surface area contributed by atoms with Gasteiger partial charge in [0.25, 0.3) is 0 Å². The van der Waals surface area contributed by atoms with E-state index < -0.39 is 0 Å². The third-order valence-corrected chi connectivity index (χ3v) is 3.99. The van der Waals surface area contributed by atoms with E-state index in [1.54, 1.807) is 7.11 Å². The van der Waals surface area contributed by atoms with Gasteiger partial charge in [-0.25, -0.2) is 0 Å². The van der Waals surface area contributed by atoms with E-state index in [1.165, 1.54) is 27.8 Å². The third-order valence-electron chi connectivity index (χ3n) is 3.99. The van der Waals surface area contributed by atoms with Gasteiger partial charge in [-0.3, -0.25) is 0 Å². The fourth-order valence-electron chi connectivity index (χ4n) is 2.99. The number of benzene rings is 2. The molecule has 1 nitrogen and oxygen atoms in total. The second-order valence-corrected chi connectivity index (χ2v) is 5.23. The van der Waals surface area contributed by atoms with Crippen LogP contribution in [0.15, 0.2) is 54.6 Å². The molecule has 96 valence electrons. The van der Waals surface area contributed by atoms with Crippen molar-refractivity contribution in [3.05, 3.63) is 76.9 Å². The molecule has 1 unspecified atom stereocenters. The van der Waals surface area contributed by atoms with Gasteiger partial charge >= 0.3 is 0 Å². The summed E-state index contributed by atoms with van der Waals surface area (Å²) in [5, 5.41) is 0. The van der Waals surface area contributed by atoms with Crippen molar-refractivity contribution in [1.82, 2.24) is 0 Å². The highest BCUT2D eigenvalue weighted by molar-refractivity contribution is 5.87. The second kappa shape index (κ2) is 4.36. The molecule has 0 N–H and O–H groups in total. The molecule has 19 heavy (non-hydrogen) atoms. The molecule has 3 rings (SSSR count). The normalized spacial score (nSPS) is 21.1. The summed E-state index contributed by atoms with van der Waals surface area (Å²) in [6.07, 6.45) is 2.24. The van der Waals surface area contributed by atoms with Gasteiger partial charge in [0.05, 0.1) is 0 Å². The summed E-state index contributed by atoms with van der Waals surface area (Å²) >= 11 is 0. The zero-order chi connectivity index (χ0) is 13.5. The Hall–Kier alpha value is -1.86. The summed E-state index contributed by atoms with van der Waals surface area (Å²) in [4.78, 5) is 0. The van der Waals surface area contributed by atoms with E-state index in [2.05, 4.69) is 62.4 Å². The Kier molecular flexibility index (Phi) is 2.79. The van der Waals surface area contributed by atoms with Crippen molar-refractivity contribution in [3.63, 3.8) is 0 Å². The molecular weight excluding hydrogens is 232 g/mol. The fourth-order valence-corrected chi connectivity index (χ4v) is 2.99. The number of rotatable bonds is 2. The zero-order valence-electron chi connectivity index (χ0n) is 11.6. The number of ether oxygens (including phenoxy) is 1. The highest BCUT2D eigenvalue weighted by Crippen LogP contribution is 2.45. The van der Waals surface area contributed by atoms with E-state index in [0.29, 0.717) is 0 Å². The van der Waals surface area contributed by atoms with Gasteiger partial charge in [-0.2, -0.15) is 0 Å². The molecule has 1 atom stereocenters. The van der Waals surface area contributed by atoms with E-state index >= 15 is 0 Å². The average molecular weight is 250 g/mol. The maximum Gasteiger partial charge on any atom is 0.110 e. The third kappa shape index (κ3) is 1.82. The van der Waals surface area contributed by atoms with Gasteiger partial charge in [-0.05, 0) is 47.8 Å². The molecule has 1 heteroatoms. The first-order chi connectivity index (χ1) is 9.15. The van der Waals surface area contributed by atoms with E-state index in [4.69, 9.17) is 4.74 Å². The number of fused-ring (bicyclic) bond motifs is 1. The lowest BCUT2D eigenvalue weighted by Gasteiger charge is -2.23. The maximum atomic E-state index is 5.78. The van der Waals surface area contributed by atoms with Gasteiger partial charge in [-0.1, -0.05) is 48.5 Å². The molecule has 0 radical (unpaired) electrons. The quantitative estimate of drug-likeness (QED) is 0.772. The van der Waals surface area contributed by atoms with Crippen LogP contribution in [0.25, 0.3) is 5.57 Å². The van der Waals surface area contributed by atoms with Crippen LogP contribution in [-0.2, 0) is 10.3 Å². The lowest BCUT2D eigenvalue weighted by Crippen LogP contribution is -2.20. The van der Waals surface area contributed by atoms with Crippen molar-refractivity contribution in [1.29, 1.82) is 0 Å². The van der Waals surface area contributed by atoms with Crippen molar-refractivity contribution in [2.24, 2.45) is 0 Å². The van der Waals surface area contributed by atoms with E-state index in [1.807, 2.05) is 6.07 Å². The predicted octanol–water partition coefficient (Wildman–Crippen LogP) is 4.30. The molecule has 0 bridgehead atoms. The average Bonchev–Trinajstić information content (AvgIpc) is 2.76. The van der Waals surface area contributed by atoms with Gasteiger partial charge in [0.2, 0.25) is 0 Å². The van der Waals surface area contributed by atoms with E-state index in [0.717, 1.165) is 0 Å².